The maximum atomic E-state index is 12.4. The van der Waals surface area contributed by atoms with Crippen molar-refractivity contribution in [3.8, 4) is 0 Å². The minimum atomic E-state index is -0.940. The summed E-state index contributed by atoms with van der Waals surface area (Å²) < 4.78 is 0. The molecular formula is C15H27N5O4S. The Kier molecular flexibility index (Phi) is 5.97. The van der Waals surface area contributed by atoms with Crippen molar-refractivity contribution in [3.63, 3.8) is 0 Å². The molecule has 7 N–H and O–H groups in total. The number of thioether (sulfide) groups is 1. The lowest BCUT2D eigenvalue weighted by atomic mass is 10.0. The average Bonchev–Trinajstić information content (AvgIpc) is 2.94. The van der Waals surface area contributed by atoms with Gasteiger partial charge in [-0.15, -0.1) is 11.8 Å². The van der Waals surface area contributed by atoms with Crippen LogP contribution >= 0.6 is 11.8 Å². The molecule has 9 nitrogen and oxygen atoms in total. The van der Waals surface area contributed by atoms with Crippen molar-refractivity contribution in [2.45, 2.75) is 49.9 Å². The Bertz CT molecular complexity index is 550. The molecule has 2 fully saturated rings. The van der Waals surface area contributed by atoms with Gasteiger partial charge in [0.25, 0.3) is 0 Å². The van der Waals surface area contributed by atoms with Crippen LogP contribution in [0.4, 0.5) is 0 Å². The number of carbonyl (C=O) groups is 3. The fraction of sp³-hybridized carbons (Fsp3) is 0.800. The highest BCUT2D eigenvalue weighted by atomic mass is 32.2. The van der Waals surface area contributed by atoms with Gasteiger partial charge in [0.1, 0.15) is 17.0 Å². The van der Waals surface area contributed by atoms with Gasteiger partial charge in [0, 0.05) is 5.75 Å². The Hall–Kier alpha value is -1.36. The Morgan fingerprint density at radius 3 is 2.40 bits per heavy atom. The van der Waals surface area contributed by atoms with E-state index in [0.717, 1.165) is 0 Å². The van der Waals surface area contributed by atoms with Gasteiger partial charge in [-0.1, -0.05) is 13.8 Å². The SMILES string of the molecule is CC(C)[C@H](NC(=O)[C@@H]1CSC2(CN(C(=O)[C@@H](N)[C@@H](C)O)C2)N1)C(N)=O. The first-order valence-corrected chi connectivity index (χ1v) is 9.28. The second kappa shape index (κ2) is 7.48. The van der Waals surface area contributed by atoms with E-state index in [4.69, 9.17) is 11.5 Å². The summed E-state index contributed by atoms with van der Waals surface area (Å²) in [6.07, 6.45) is -0.909. The van der Waals surface area contributed by atoms with Crippen LogP contribution in [0.1, 0.15) is 20.8 Å². The molecule has 142 valence electrons. The summed E-state index contributed by atoms with van der Waals surface area (Å²) in [5.74, 6) is -0.684. The molecule has 0 bridgehead atoms. The predicted octanol–water partition coefficient (Wildman–Crippen LogP) is -2.44. The number of aliphatic hydroxyl groups is 1. The summed E-state index contributed by atoms with van der Waals surface area (Å²) >= 11 is 1.57. The number of hydrogen-bond acceptors (Lipinski definition) is 7. The number of nitrogens with one attached hydrogen (secondary N) is 2. The monoisotopic (exact) mass is 373 g/mol. The van der Waals surface area contributed by atoms with Gasteiger partial charge < -0.3 is 26.8 Å². The number of hydrogen-bond donors (Lipinski definition) is 5. The van der Waals surface area contributed by atoms with E-state index in [1.165, 1.54) is 6.92 Å². The van der Waals surface area contributed by atoms with Gasteiger partial charge in [-0.05, 0) is 12.8 Å². The zero-order valence-electron chi connectivity index (χ0n) is 14.7. The van der Waals surface area contributed by atoms with Crippen LogP contribution in [0.5, 0.6) is 0 Å². The molecule has 2 aliphatic rings. The summed E-state index contributed by atoms with van der Waals surface area (Å²) in [7, 11) is 0. The van der Waals surface area contributed by atoms with Crippen molar-refractivity contribution in [2.24, 2.45) is 17.4 Å². The average molecular weight is 373 g/mol. The standard InChI is InChI=1S/C15H27N5O4S/c1-7(2)11(12(17)22)18-13(23)9-4-25-15(19-9)5-20(6-15)14(24)10(16)8(3)21/h7-11,19,21H,4-6,16H2,1-3H3,(H2,17,22)(H,18,23)/t8-,9+,10+,11+/m1/s1. The molecule has 0 radical (unpaired) electrons. The molecule has 4 atom stereocenters. The summed E-state index contributed by atoms with van der Waals surface area (Å²) in [5, 5.41) is 15.4. The first-order chi connectivity index (χ1) is 11.6. The largest absolute Gasteiger partial charge is 0.391 e. The number of aliphatic hydroxyl groups excluding tert-OH is 1. The first-order valence-electron chi connectivity index (χ1n) is 8.30. The van der Waals surface area contributed by atoms with E-state index in [0.29, 0.717) is 18.8 Å². The molecule has 1 spiro atoms. The molecule has 3 amide bonds. The number of nitrogens with two attached hydrogens (primary N) is 2. The third kappa shape index (κ3) is 4.25. The minimum Gasteiger partial charge on any atom is -0.391 e. The van der Waals surface area contributed by atoms with E-state index in [9.17, 15) is 19.5 Å². The maximum absolute atomic E-state index is 12.4. The zero-order chi connectivity index (χ0) is 18.9. The van der Waals surface area contributed by atoms with Gasteiger partial charge in [-0.2, -0.15) is 0 Å². The molecule has 10 heteroatoms. The second-order valence-corrected chi connectivity index (χ2v) is 8.50. The van der Waals surface area contributed by atoms with E-state index in [1.807, 2.05) is 13.8 Å². The van der Waals surface area contributed by atoms with Gasteiger partial charge in [0.2, 0.25) is 17.7 Å². The lowest BCUT2D eigenvalue weighted by molar-refractivity contribution is -0.140. The second-order valence-electron chi connectivity index (χ2n) is 7.10. The molecule has 2 heterocycles. The first kappa shape index (κ1) is 20.0. The molecule has 0 aromatic carbocycles. The van der Waals surface area contributed by atoms with E-state index in [1.54, 1.807) is 16.7 Å². The van der Waals surface area contributed by atoms with Crippen molar-refractivity contribution in [1.29, 1.82) is 0 Å². The third-order valence-corrected chi connectivity index (χ3v) is 5.99. The molecular weight excluding hydrogens is 346 g/mol. The number of nitrogens with zero attached hydrogens (tertiary/aromatic N) is 1. The number of carbonyl (C=O) groups excluding carboxylic acids is 3. The number of primary amides is 1. The quantitative estimate of drug-likeness (QED) is 0.347. The van der Waals surface area contributed by atoms with Crippen LogP contribution in [0.25, 0.3) is 0 Å². The summed E-state index contributed by atoms with van der Waals surface area (Å²) in [5.41, 5.74) is 11.0. The fourth-order valence-electron chi connectivity index (χ4n) is 2.93. The van der Waals surface area contributed by atoms with Crippen molar-refractivity contribution >= 4 is 29.5 Å². The fourth-order valence-corrected chi connectivity index (χ4v) is 4.37. The van der Waals surface area contributed by atoms with Gasteiger partial charge in [0.15, 0.2) is 0 Å². The van der Waals surface area contributed by atoms with Crippen molar-refractivity contribution in [1.82, 2.24) is 15.5 Å². The normalized spacial score (nSPS) is 25.4. The highest BCUT2D eigenvalue weighted by molar-refractivity contribution is 8.01. The van der Waals surface area contributed by atoms with Crippen LogP contribution in [0, 0.1) is 5.92 Å². The summed E-state index contributed by atoms with van der Waals surface area (Å²) in [6.45, 7) is 5.95. The number of likely N-dealkylation sites (tertiary alicyclic amines) is 1. The van der Waals surface area contributed by atoms with E-state index >= 15 is 0 Å². The topological polar surface area (TPSA) is 151 Å². The van der Waals surface area contributed by atoms with E-state index in [2.05, 4.69) is 10.6 Å². The van der Waals surface area contributed by atoms with Crippen LogP contribution in [0.2, 0.25) is 0 Å². The summed E-state index contributed by atoms with van der Waals surface area (Å²) in [6, 6.07) is -2.10. The van der Waals surface area contributed by atoms with Crippen molar-refractivity contribution in [3.05, 3.63) is 0 Å². The maximum Gasteiger partial charge on any atom is 0.242 e. The smallest absolute Gasteiger partial charge is 0.242 e. The Morgan fingerprint density at radius 1 is 1.32 bits per heavy atom. The van der Waals surface area contributed by atoms with Gasteiger partial charge in [-0.25, -0.2) is 0 Å². The van der Waals surface area contributed by atoms with E-state index in [-0.39, 0.29) is 22.6 Å². The van der Waals surface area contributed by atoms with Crippen LogP contribution in [-0.4, -0.2) is 75.7 Å². The van der Waals surface area contributed by atoms with Crippen LogP contribution < -0.4 is 22.1 Å². The van der Waals surface area contributed by atoms with Crippen molar-refractivity contribution < 1.29 is 19.5 Å². The Balaban J connectivity index is 1.87. The third-order valence-electron chi connectivity index (χ3n) is 4.56. The molecule has 2 rings (SSSR count). The molecule has 2 saturated heterocycles. The van der Waals surface area contributed by atoms with Gasteiger partial charge in [-0.3, -0.25) is 19.7 Å². The minimum absolute atomic E-state index is 0.0942. The molecule has 0 unspecified atom stereocenters. The van der Waals surface area contributed by atoms with Gasteiger partial charge in [0.05, 0.1) is 25.2 Å². The highest BCUT2D eigenvalue weighted by Gasteiger charge is 2.52. The molecule has 0 saturated carbocycles. The molecule has 2 aliphatic heterocycles. The molecule has 0 aromatic heterocycles. The van der Waals surface area contributed by atoms with Crippen LogP contribution in [0.3, 0.4) is 0 Å². The lowest BCUT2D eigenvalue weighted by Crippen LogP contribution is -2.70. The number of rotatable bonds is 6. The van der Waals surface area contributed by atoms with Gasteiger partial charge >= 0.3 is 0 Å². The Labute approximate surface area is 151 Å². The highest BCUT2D eigenvalue weighted by Crippen LogP contribution is 2.38. The lowest BCUT2D eigenvalue weighted by Gasteiger charge is -2.48. The summed E-state index contributed by atoms with van der Waals surface area (Å²) in [4.78, 5) is 37.1. The van der Waals surface area contributed by atoms with Crippen LogP contribution in [-0.2, 0) is 14.4 Å². The molecule has 25 heavy (non-hydrogen) atoms. The van der Waals surface area contributed by atoms with E-state index < -0.39 is 30.1 Å². The molecule has 0 aromatic rings. The Morgan fingerprint density at radius 2 is 1.92 bits per heavy atom. The molecule has 0 aliphatic carbocycles. The van der Waals surface area contributed by atoms with Crippen LogP contribution in [0.15, 0.2) is 0 Å². The zero-order valence-corrected chi connectivity index (χ0v) is 15.5. The van der Waals surface area contributed by atoms with Crippen molar-refractivity contribution in [2.75, 3.05) is 18.8 Å². The predicted molar refractivity (Wildman–Crippen MR) is 94.3 cm³/mol. The number of amides is 3.